The van der Waals surface area contributed by atoms with Crippen molar-refractivity contribution in [2.75, 3.05) is 6.61 Å². The monoisotopic (exact) mass is 226 g/mol. The summed E-state index contributed by atoms with van der Waals surface area (Å²) in [5.74, 6) is -0.0946. The number of aliphatic hydroxyl groups is 1. The third-order valence-electron chi connectivity index (χ3n) is 2.41. The van der Waals surface area contributed by atoms with E-state index in [0.29, 0.717) is 6.54 Å². The SMILES string of the molecule is CCCn1ccc(=O)n(CC(C)CO)c1=O. The van der Waals surface area contributed by atoms with Gasteiger partial charge in [0.2, 0.25) is 0 Å². The number of aromatic nitrogens is 2. The van der Waals surface area contributed by atoms with Crippen LogP contribution in [0.1, 0.15) is 20.3 Å². The van der Waals surface area contributed by atoms with Crippen molar-refractivity contribution >= 4 is 0 Å². The molecule has 1 rings (SSSR count). The molecular formula is C11H18N2O3. The fourth-order valence-corrected chi connectivity index (χ4v) is 1.51. The average Bonchev–Trinajstić information content (AvgIpc) is 2.28. The first-order chi connectivity index (χ1) is 7.60. The quantitative estimate of drug-likeness (QED) is 0.771. The van der Waals surface area contributed by atoms with Crippen LogP contribution in [0.15, 0.2) is 21.9 Å². The van der Waals surface area contributed by atoms with E-state index in [2.05, 4.69) is 0 Å². The Morgan fingerprint density at radius 1 is 1.44 bits per heavy atom. The van der Waals surface area contributed by atoms with Crippen LogP contribution in [-0.2, 0) is 13.1 Å². The van der Waals surface area contributed by atoms with Gasteiger partial charge in [-0.15, -0.1) is 0 Å². The Hall–Kier alpha value is -1.36. The van der Waals surface area contributed by atoms with Gasteiger partial charge in [0.1, 0.15) is 0 Å². The molecule has 0 aliphatic carbocycles. The largest absolute Gasteiger partial charge is 0.396 e. The maximum atomic E-state index is 11.9. The smallest absolute Gasteiger partial charge is 0.330 e. The number of aryl methyl sites for hydroxylation is 1. The van der Waals surface area contributed by atoms with E-state index in [0.717, 1.165) is 6.42 Å². The lowest BCUT2D eigenvalue weighted by molar-refractivity contribution is 0.219. The minimum Gasteiger partial charge on any atom is -0.396 e. The predicted octanol–water partition coefficient (Wildman–Crippen LogP) is 0.0484. The molecule has 1 unspecified atom stereocenters. The van der Waals surface area contributed by atoms with Crippen LogP contribution < -0.4 is 11.2 Å². The molecule has 0 saturated heterocycles. The molecule has 0 spiro atoms. The second-order valence-corrected chi connectivity index (χ2v) is 4.03. The topological polar surface area (TPSA) is 64.2 Å². The summed E-state index contributed by atoms with van der Waals surface area (Å²) in [5, 5.41) is 8.93. The normalized spacial score (nSPS) is 12.7. The molecule has 0 amide bonds. The van der Waals surface area contributed by atoms with Crippen LogP contribution in [-0.4, -0.2) is 20.8 Å². The van der Waals surface area contributed by atoms with Gasteiger partial charge in [0.05, 0.1) is 0 Å². The molecule has 0 radical (unpaired) electrons. The number of hydrogen-bond acceptors (Lipinski definition) is 3. The molecule has 5 nitrogen and oxygen atoms in total. The molecule has 1 aromatic heterocycles. The first-order valence-corrected chi connectivity index (χ1v) is 5.51. The fourth-order valence-electron chi connectivity index (χ4n) is 1.51. The molecule has 0 aromatic carbocycles. The number of hydrogen-bond donors (Lipinski definition) is 1. The van der Waals surface area contributed by atoms with Crippen LogP contribution in [0, 0.1) is 5.92 Å². The summed E-state index contributed by atoms with van der Waals surface area (Å²) in [6, 6.07) is 1.39. The molecule has 1 atom stereocenters. The lowest BCUT2D eigenvalue weighted by Crippen LogP contribution is -2.40. The highest BCUT2D eigenvalue weighted by molar-refractivity contribution is 4.86. The zero-order chi connectivity index (χ0) is 12.1. The third kappa shape index (κ3) is 2.82. The van der Waals surface area contributed by atoms with Gasteiger partial charge in [-0.25, -0.2) is 4.79 Å². The fraction of sp³-hybridized carbons (Fsp3) is 0.636. The van der Waals surface area contributed by atoms with Gasteiger partial charge in [0, 0.05) is 32.0 Å². The summed E-state index contributed by atoms with van der Waals surface area (Å²) >= 11 is 0. The summed E-state index contributed by atoms with van der Waals surface area (Å²) in [4.78, 5) is 23.4. The zero-order valence-corrected chi connectivity index (χ0v) is 9.72. The Kier molecular flexibility index (Phi) is 4.49. The summed E-state index contributed by atoms with van der Waals surface area (Å²) in [6.07, 6.45) is 2.36. The van der Waals surface area contributed by atoms with Gasteiger partial charge in [0.15, 0.2) is 0 Å². The Labute approximate surface area is 94.0 Å². The van der Waals surface area contributed by atoms with Gasteiger partial charge in [-0.1, -0.05) is 13.8 Å². The van der Waals surface area contributed by atoms with Gasteiger partial charge in [-0.3, -0.25) is 9.36 Å². The van der Waals surface area contributed by atoms with E-state index in [-0.39, 0.29) is 30.3 Å². The van der Waals surface area contributed by atoms with E-state index in [1.165, 1.54) is 21.4 Å². The molecule has 16 heavy (non-hydrogen) atoms. The second kappa shape index (κ2) is 5.65. The Balaban J connectivity index is 3.11. The molecule has 1 aromatic rings. The van der Waals surface area contributed by atoms with E-state index in [9.17, 15) is 9.59 Å². The molecular weight excluding hydrogens is 208 g/mol. The minimum atomic E-state index is -0.308. The van der Waals surface area contributed by atoms with Crippen LogP contribution in [0.5, 0.6) is 0 Å². The molecule has 1 N–H and O–H groups in total. The van der Waals surface area contributed by atoms with Crippen LogP contribution in [0.4, 0.5) is 0 Å². The van der Waals surface area contributed by atoms with Crippen LogP contribution >= 0.6 is 0 Å². The molecule has 0 bridgehead atoms. The van der Waals surface area contributed by atoms with Gasteiger partial charge in [-0.05, 0) is 12.3 Å². The maximum absolute atomic E-state index is 11.9. The molecule has 0 aliphatic heterocycles. The molecule has 90 valence electrons. The van der Waals surface area contributed by atoms with Crippen molar-refractivity contribution in [2.45, 2.75) is 33.4 Å². The maximum Gasteiger partial charge on any atom is 0.330 e. The number of nitrogens with zero attached hydrogens (tertiary/aromatic N) is 2. The summed E-state index contributed by atoms with van der Waals surface area (Å²) < 4.78 is 2.70. The van der Waals surface area contributed by atoms with Crippen molar-refractivity contribution in [2.24, 2.45) is 5.92 Å². The van der Waals surface area contributed by atoms with Crippen LogP contribution in [0.3, 0.4) is 0 Å². The molecule has 5 heteroatoms. The van der Waals surface area contributed by atoms with Crippen molar-refractivity contribution in [3.63, 3.8) is 0 Å². The van der Waals surface area contributed by atoms with Crippen LogP contribution in [0.25, 0.3) is 0 Å². The van der Waals surface area contributed by atoms with Gasteiger partial charge < -0.3 is 9.67 Å². The summed E-state index contributed by atoms with van der Waals surface area (Å²) in [5.41, 5.74) is -0.604. The van der Waals surface area contributed by atoms with Gasteiger partial charge >= 0.3 is 5.69 Å². The van der Waals surface area contributed by atoms with Crippen molar-refractivity contribution in [1.82, 2.24) is 9.13 Å². The second-order valence-electron chi connectivity index (χ2n) is 4.03. The predicted molar refractivity (Wildman–Crippen MR) is 61.5 cm³/mol. The highest BCUT2D eigenvalue weighted by Gasteiger charge is 2.08. The van der Waals surface area contributed by atoms with E-state index < -0.39 is 0 Å². The number of aliphatic hydroxyl groups excluding tert-OH is 1. The zero-order valence-electron chi connectivity index (χ0n) is 9.72. The Morgan fingerprint density at radius 2 is 2.12 bits per heavy atom. The third-order valence-corrected chi connectivity index (χ3v) is 2.41. The standard InChI is InChI=1S/C11H18N2O3/c1-3-5-12-6-4-10(15)13(11(12)16)7-9(2)8-14/h4,6,9,14H,3,5,7-8H2,1-2H3. The minimum absolute atomic E-state index is 0.0332. The van der Waals surface area contributed by atoms with Crippen molar-refractivity contribution in [3.05, 3.63) is 33.1 Å². The molecule has 0 saturated carbocycles. The van der Waals surface area contributed by atoms with Gasteiger partial charge in [-0.2, -0.15) is 0 Å². The van der Waals surface area contributed by atoms with Crippen LogP contribution in [0.2, 0.25) is 0 Å². The first kappa shape index (κ1) is 12.7. The molecule has 0 aliphatic rings. The van der Waals surface area contributed by atoms with E-state index in [1.807, 2.05) is 6.92 Å². The Bertz CT molecular complexity index is 447. The van der Waals surface area contributed by atoms with E-state index in [1.54, 1.807) is 6.92 Å². The molecule has 1 heterocycles. The Morgan fingerprint density at radius 3 is 2.69 bits per heavy atom. The first-order valence-electron chi connectivity index (χ1n) is 5.51. The number of rotatable bonds is 5. The highest BCUT2D eigenvalue weighted by atomic mass is 16.3. The molecule has 0 fully saturated rings. The van der Waals surface area contributed by atoms with Crippen molar-refractivity contribution in [1.29, 1.82) is 0 Å². The lowest BCUT2D eigenvalue weighted by Gasteiger charge is -2.11. The summed E-state index contributed by atoms with van der Waals surface area (Å²) in [7, 11) is 0. The van der Waals surface area contributed by atoms with E-state index in [4.69, 9.17) is 5.11 Å². The highest BCUT2D eigenvalue weighted by Crippen LogP contribution is 1.94. The lowest BCUT2D eigenvalue weighted by atomic mass is 10.2. The average molecular weight is 226 g/mol. The summed E-state index contributed by atoms with van der Waals surface area (Å²) in [6.45, 7) is 4.60. The van der Waals surface area contributed by atoms with Crippen molar-refractivity contribution in [3.8, 4) is 0 Å². The van der Waals surface area contributed by atoms with E-state index >= 15 is 0 Å². The van der Waals surface area contributed by atoms with Gasteiger partial charge in [0.25, 0.3) is 5.56 Å². The van der Waals surface area contributed by atoms with Crippen molar-refractivity contribution < 1.29 is 5.11 Å².